The van der Waals surface area contributed by atoms with Gasteiger partial charge in [-0.05, 0) is 80.0 Å². The minimum absolute atomic E-state index is 0.0169. The molecule has 2 aromatic rings. The van der Waals surface area contributed by atoms with Crippen LogP contribution in [0.15, 0.2) is 42.5 Å². The van der Waals surface area contributed by atoms with Crippen LogP contribution in [0.3, 0.4) is 0 Å². The van der Waals surface area contributed by atoms with Crippen LogP contribution in [0.5, 0.6) is 5.75 Å². The van der Waals surface area contributed by atoms with Gasteiger partial charge in [-0.2, -0.15) is 0 Å². The minimum atomic E-state index is -0.0169. The first-order valence-corrected chi connectivity index (χ1v) is 12.9. The summed E-state index contributed by atoms with van der Waals surface area (Å²) >= 11 is 0. The van der Waals surface area contributed by atoms with Crippen LogP contribution >= 0.6 is 0 Å². The summed E-state index contributed by atoms with van der Waals surface area (Å²) in [7, 11) is 1.62. The van der Waals surface area contributed by atoms with Gasteiger partial charge in [0, 0.05) is 36.8 Å². The Morgan fingerprint density at radius 2 is 1.62 bits per heavy atom. The summed E-state index contributed by atoms with van der Waals surface area (Å²) in [5.41, 5.74) is 4.39. The fraction of sp³-hybridized carbons (Fsp3) is 0.517. The van der Waals surface area contributed by atoms with Crippen molar-refractivity contribution in [1.29, 1.82) is 0 Å². The quantitative estimate of drug-likeness (QED) is 0.566. The number of carbonyl (C=O) groups excluding carboxylic acids is 2. The van der Waals surface area contributed by atoms with Gasteiger partial charge in [-0.25, -0.2) is 0 Å². The number of hydrogen-bond donors (Lipinski definition) is 0. The number of benzene rings is 2. The molecule has 5 heteroatoms. The third-order valence-corrected chi connectivity index (χ3v) is 6.66. The topological polar surface area (TPSA) is 49.9 Å². The lowest BCUT2D eigenvalue weighted by molar-refractivity contribution is -0.123. The lowest BCUT2D eigenvalue weighted by Gasteiger charge is -2.34. The molecule has 0 radical (unpaired) electrons. The average molecular weight is 465 g/mol. The van der Waals surface area contributed by atoms with Crippen LogP contribution in [0, 0.1) is 5.92 Å². The molecule has 34 heavy (non-hydrogen) atoms. The van der Waals surface area contributed by atoms with E-state index in [1.54, 1.807) is 19.2 Å². The summed E-state index contributed by atoms with van der Waals surface area (Å²) in [5.74, 6) is 0.978. The van der Waals surface area contributed by atoms with Gasteiger partial charge in [0.2, 0.25) is 5.91 Å². The van der Waals surface area contributed by atoms with Crippen molar-refractivity contribution in [2.45, 2.75) is 65.7 Å². The van der Waals surface area contributed by atoms with Crippen LogP contribution in [-0.2, 0) is 17.6 Å². The lowest BCUT2D eigenvalue weighted by atomic mass is 9.94. The Kier molecular flexibility index (Phi) is 9.55. The highest BCUT2D eigenvalue weighted by atomic mass is 16.5. The Bertz CT molecular complexity index is 946. The lowest BCUT2D eigenvalue weighted by Crippen LogP contribution is -2.44. The second-order valence-corrected chi connectivity index (χ2v) is 9.27. The van der Waals surface area contributed by atoms with Crippen molar-refractivity contribution in [1.82, 2.24) is 4.90 Å². The number of nitrogens with zero attached hydrogens (tertiary/aromatic N) is 2. The molecule has 0 atom stereocenters. The van der Waals surface area contributed by atoms with Gasteiger partial charge in [-0.1, -0.05) is 39.3 Å². The molecule has 0 aromatic heterocycles. The number of carbonyl (C=O) groups is 2. The summed E-state index contributed by atoms with van der Waals surface area (Å²) in [5, 5.41) is 0. The monoisotopic (exact) mass is 464 g/mol. The van der Waals surface area contributed by atoms with Crippen molar-refractivity contribution in [2.24, 2.45) is 5.92 Å². The number of likely N-dealkylation sites (tertiary alicyclic amines) is 1. The number of methoxy groups -OCH3 is 1. The second kappa shape index (κ2) is 12.6. The molecule has 0 bridgehead atoms. The molecule has 4 rings (SSSR count). The molecule has 2 aromatic carbocycles. The zero-order valence-corrected chi connectivity index (χ0v) is 21.3. The van der Waals surface area contributed by atoms with E-state index in [0.29, 0.717) is 18.7 Å². The molecule has 184 valence electrons. The van der Waals surface area contributed by atoms with Crippen molar-refractivity contribution in [2.75, 3.05) is 31.6 Å². The third kappa shape index (κ3) is 6.19. The van der Waals surface area contributed by atoms with E-state index in [9.17, 15) is 9.59 Å². The predicted molar refractivity (Wildman–Crippen MR) is 139 cm³/mol. The Labute approximate surface area is 205 Å². The second-order valence-electron chi connectivity index (χ2n) is 9.27. The maximum Gasteiger partial charge on any atom is 0.253 e. The van der Waals surface area contributed by atoms with Crippen LogP contribution < -0.4 is 9.64 Å². The van der Waals surface area contributed by atoms with Gasteiger partial charge in [0.1, 0.15) is 5.75 Å². The smallest absolute Gasteiger partial charge is 0.253 e. The van der Waals surface area contributed by atoms with E-state index < -0.39 is 0 Å². The van der Waals surface area contributed by atoms with Gasteiger partial charge in [0.05, 0.1) is 7.11 Å². The van der Waals surface area contributed by atoms with E-state index in [-0.39, 0.29) is 17.7 Å². The van der Waals surface area contributed by atoms with Crippen LogP contribution in [0.2, 0.25) is 0 Å². The first-order valence-electron chi connectivity index (χ1n) is 12.9. The van der Waals surface area contributed by atoms with Crippen molar-refractivity contribution in [3.05, 3.63) is 59.2 Å². The largest absolute Gasteiger partial charge is 0.497 e. The van der Waals surface area contributed by atoms with Crippen molar-refractivity contribution in [3.8, 4) is 5.75 Å². The summed E-state index contributed by atoms with van der Waals surface area (Å²) < 4.78 is 5.17. The van der Waals surface area contributed by atoms with Gasteiger partial charge in [0.15, 0.2) is 0 Å². The van der Waals surface area contributed by atoms with E-state index in [2.05, 4.69) is 39.0 Å². The maximum atomic E-state index is 13.4. The van der Waals surface area contributed by atoms with Crippen LogP contribution in [0.4, 0.5) is 5.69 Å². The number of fused-ring (bicyclic) bond motifs is 1. The number of piperidine rings is 1. The molecule has 2 aliphatic heterocycles. The molecule has 1 fully saturated rings. The van der Waals surface area contributed by atoms with Crippen LogP contribution in [0.1, 0.15) is 74.4 Å². The van der Waals surface area contributed by atoms with Crippen molar-refractivity contribution in [3.63, 3.8) is 0 Å². The zero-order chi connectivity index (χ0) is 24.5. The Hall–Kier alpha value is -2.82. The fourth-order valence-electron chi connectivity index (χ4n) is 4.72. The first-order chi connectivity index (χ1) is 16.5. The molecule has 2 aliphatic rings. The summed E-state index contributed by atoms with van der Waals surface area (Å²) in [4.78, 5) is 30.2. The number of aryl methyl sites for hydroxylation is 2. The number of rotatable bonds is 4. The molecule has 2 heterocycles. The van der Waals surface area contributed by atoms with Crippen molar-refractivity contribution < 1.29 is 14.3 Å². The minimum Gasteiger partial charge on any atom is -0.497 e. The number of amides is 2. The molecule has 0 saturated carbocycles. The van der Waals surface area contributed by atoms with E-state index in [1.807, 2.05) is 21.9 Å². The molecule has 0 N–H and O–H groups in total. The molecular formula is C29H40N2O3. The van der Waals surface area contributed by atoms with Crippen LogP contribution in [-0.4, -0.2) is 43.5 Å². The number of anilines is 1. The Morgan fingerprint density at radius 1 is 0.941 bits per heavy atom. The molecule has 0 unspecified atom stereocenters. The maximum absolute atomic E-state index is 13.4. The Balaban J connectivity index is 0.00000103. The molecule has 2 amide bonds. The molecule has 0 aliphatic carbocycles. The molecular weight excluding hydrogens is 424 g/mol. The highest BCUT2D eigenvalue weighted by molar-refractivity contribution is 5.97. The zero-order valence-electron chi connectivity index (χ0n) is 21.3. The van der Waals surface area contributed by atoms with Gasteiger partial charge in [0.25, 0.3) is 5.91 Å². The number of ether oxygens (including phenoxy) is 1. The predicted octanol–water partition coefficient (Wildman–Crippen LogP) is 5.90. The highest BCUT2D eigenvalue weighted by Gasteiger charge is 2.32. The van der Waals surface area contributed by atoms with Crippen molar-refractivity contribution >= 4 is 17.5 Å². The Morgan fingerprint density at radius 3 is 2.24 bits per heavy atom. The third-order valence-electron chi connectivity index (χ3n) is 6.66. The van der Waals surface area contributed by atoms with Gasteiger partial charge in [-0.15, -0.1) is 0 Å². The van der Waals surface area contributed by atoms with E-state index in [4.69, 9.17) is 4.74 Å². The standard InChI is InChI=1S/C26H32N2O3.C3H8/c1-3-19-7-12-24-22(18-19)6-4-5-15-28(24)26(30)21-13-16-27(17-14-21)25(29)20-8-10-23(31-2)11-9-20;1-3-2/h7-12,18,21H,3-6,13-17H2,1-2H3;3H2,1-2H3. The fourth-order valence-corrected chi connectivity index (χ4v) is 4.72. The van der Waals surface area contributed by atoms with Gasteiger partial charge < -0.3 is 14.5 Å². The summed E-state index contributed by atoms with van der Waals surface area (Å²) in [6, 6.07) is 13.8. The van der Waals surface area contributed by atoms with Gasteiger partial charge in [-0.3, -0.25) is 9.59 Å². The summed E-state index contributed by atoms with van der Waals surface area (Å²) in [6.45, 7) is 8.46. The highest BCUT2D eigenvalue weighted by Crippen LogP contribution is 2.31. The van der Waals surface area contributed by atoms with E-state index in [0.717, 1.165) is 56.5 Å². The van der Waals surface area contributed by atoms with Crippen LogP contribution in [0.25, 0.3) is 0 Å². The molecule has 0 spiro atoms. The number of hydrogen-bond acceptors (Lipinski definition) is 3. The average Bonchev–Trinajstić information content (AvgIpc) is 3.10. The first kappa shape index (κ1) is 25.8. The van der Waals surface area contributed by atoms with E-state index >= 15 is 0 Å². The van der Waals surface area contributed by atoms with E-state index in [1.165, 1.54) is 17.5 Å². The van der Waals surface area contributed by atoms with Gasteiger partial charge >= 0.3 is 0 Å². The summed E-state index contributed by atoms with van der Waals surface area (Å²) in [6.07, 6.45) is 6.91. The molecule has 5 nitrogen and oxygen atoms in total. The molecule has 1 saturated heterocycles. The SMILES string of the molecule is CCC.CCc1ccc2c(c1)CCCCN2C(=O)C1CCN(C(=O)c2ccc(OC)cc2)CC1. The normalized spacial score (nSPS) is 16.1.